The highest BCUT2D eigenvalue weighted by atomic mass is 19.1. The van der Waals surface area contributed by atoms with Gasteiger partial charge in [-0.25, -0.2) is 4.39 Å². The van der Waals surface area contributed by atoms with Crippen molar-refractivity contribution in [1.29, 1.82) is 0 Å². The molecular weight excluding hydrogens is 215 g/mol. The van der Waals surface area contributed by atoms with Crippen molar-refractivity contribution in [1.82, 2.24) is 10.6 Å². The summed E-state index contributed by atoms with van der Waals surface area (Å²) in [6.45, 7) is 5.51. The Morgan fingerprint density at radius 1 is 1.24 bits per heavy atom. The first kappa shape index (κ1) is 12.5. The molecule has 1 aliphatic rings. The van der Waals surface area contributed by atoms with Crippen molar-refractivity contribution in [3.05, 3.63) is 35.9 Å². The molecule has 3 heteroatoms. The second kappa shape index (κ2) is 5.61. The molecule has 1 aliphatic carbocycles. The molecule has 0 heterocycles. The van der Waals surface area contributed by atoms with Gasteiger partial charge in [-0.3, -0.25) is 0 Å². The minimum atomic E-state index is -0.590. The molecule has 1 aromatic carbocycles. The van der Waals surface area contributed by atoms with Crippen LogP contribution in [-0.4, -0.2) is 25.8 Å². The van der Waals surface area contributed by atoms with Gasteiger partial charge in [0, 0.05) is 31.6 Å². The van der Waals surface area contributed by atoms with Crippen molar-refractivity contribution in [2.75, 3.05) is 19.6 Å². The standard InChI is InChI=1S/C14H21FN2/c1-14(9-13(14)15)11-17-8-7-16-10-12-5-3-2-4-6-12/h2-6,13,16-17H,7-11H2,1H3. The Labute approximate surface area is 103 Å². The summed E-state index contributed by atoms with van der Waals surface area (Å²) in [6, 6.07) is 10.3. The smallest absolute Gasteiger partial charge is 0.107 e. The summed E-state index contributed by atoms with van der Waals surface area (Å²) in [5, 5.41) is 6.67. The van der Waals surface area contributed by atoms with Gasteiger partial charge in [0.2, 0.25) is 0 Å². The molecule has 94 valence electrons. The Morgan fingerprint density at radius 3 is 2.53 bits per heavy atom. The highest BCUT2D eigenvalue weighted by Crippen LogP contribution is 2.47. The largest absolute Gasteiger partial charge is 0.315 e. The third kappa shape index (κ3) is 3.79. The molecule has 0 aliphatic heterocycles. The van der Waals surface area contributed by atoms with Crippen LogP contribution in [0.5, 0.6) is 0 Å². The maximum atomic E-state index is 12.9. The van der Waals surface area contributed by atoms with E-state index in [9.17, 15) is 4.39 Å². The van der Waals surface area contributed by atoms with Crippen LogP contribution >= 0.6 is 0 Å². The van der Waals surface area contributed by atoms with Gasteiger partial charge in [0.05, 0.1) is 0 Å². The first-order valence-electron chi connectivity index (χ1n) is 6.30. The zero-order valence-corrected chi connectivity index (χ0v) is 10.4. The number of alkyl halides is 1. The van der Waals surface area contributed by atoms with E-state index in [0.717, 1.165) is 32.6 Å². The molecule has 0 spiro atoms. The fraction of sp³-hybridized carbons (Fsp3) is 0.571. The lowest BCUT2D eigenvalue weighted by atomic mass is 10.1. The van der Waals surface area contributed by atoms with Crippen molar-refractivity contribution in [2.45, 2.75) is 26.1 Å². The summed E-state index contributed by atoms with van der Waals surface area (Å²) in [5.74, 6) is 0. The topological polar surface area (TPSA) is 24.1 Å². The lowest BCUT2D eigenvalue weighted by molar-refractivity contribution is 0.363. The molecule has 0 bridgehead atoms. The van der Waals surface area contributed by atoms with Gasteiger partial charge in [0.15, 0.2) is 0 Å². The van der Waals surface area contributed by atoms with Crippen LogP contribution < -0.4 is 10.6 Å². The Bertz CT molecular complexity index is 341. The van der Waals surface area contributed by atoms with Gasteiger partial charge in [-0.05, 0) is 12.0 Å². The van der Waals surface area contributed by atoms with Crippen molar-refractivity contribution < 1.29 is 4.39 Å². The van der Waals surface area contributed by atoms with E-state index in [1.165, 1.54) is 5.56 Å². The van der Waals surface area contributed by atoms with Crippen LogP contribution in [0, 0.1) is 5.41 Å². The van der Waals surface area contributed by atoms with E-state index in [4.69, 9.17) is 0 Å². The predicted octanol–water partition coefficient (Wildman–Crippen LogP) is 2.11. The van der Waals surface area contributed by atoms with E-state index >= 15 is 0 Å². The predicted molar refractivity (Wildman–Crippen MR) is 68.6 cm³/mol. The van der Waals surface area contributed by atoms with E-state index in [0.29, 0.717) is 0 Å². The second-order valence-corrected chi connectivity index (χ2v) is 5.16. The summed E-state index contributed by atoms with van der Waals surface area (Å²) >= 11 is 0. The van der Waals surface area contributed by atoms with Gasteiger partial charge in [-0.1, -0.05) is 37.3 Å². The van der Waals surface area contributed by atoms with Crippen LogP contribution in [0.4, 0.5) is 4.39 Å². The van der Waals surface area contributed by atoms with Gasteiger partial charge in [-0.15, -0.1) is 0 Å². The molecule has 1 saturated carbocycles. The Hall–Kier alpha value is -0.930. The Balaban J connectivity index is 1.50. The quantitative estimate of drug-likeness (QED) is 0.709. The molecule has 1 aromatic rings. The van der Waals surface area contributed by atoms with E-state index in [2.05, 4.69) is 22.8 Å². The fourth-order valence-corrected chi connectivity index (χ4v) is 1.91. The molecule has 2 atom stereocenters. The molecule has 0 aromatic heterocycles. The van der Waals surface area contributed by atoms with E-state index in [1.54, 1.807) is 0 Å². The average molecular weight is 236 g/mol. The fourth-order valence-electron chi connectivity index (χ4n) is 1.91. The van der Waals surface area contributed by atoms with Crippen LogP contribution in [0.3, 0.4) is 0 Å². The third-order valence-corrected chi connectivity index (χ3v) is 3.42. The summed E-state index contributed by atoms with van der Waals surface area (Å²) < 4.78 is 12.9. The van der Waals surface area contributed by atoms with Crippen LogP contribution in [-0.2, 0) is 6.54 Å². The second-order valence-electron chi connectivity index (χ2n) is 5.16. The Morgan fingerprint density at radius 2 is 1.88 bits per heavy atom. The van der Waals surface area contributed by atoms with E-state index in [1.807, 2.05) is 25.1 Å². The minimum Gasteiger partial charge on any atom is -0.315 e. The molecular formula is C14H21FN2. The molecule has 0 amide bonds. The van der Waals surface area contributed by atoms with Crippen LogP contribution in [0.2, 0.25) is 0 Å². The normalized spacial score (nSPS) is 27.1. The van der Waals surface area contributed by atoms with Crippen molar-refractivity contribution >= 4 is 0 Å². The summed E-state index contributed by atoms with van der Waals surface area (Å²) in [7, 11) is 0. The van der Waals surface area contributed by atoms with E-state index < -0.39 is 6.17 Å². The van der Waals surface area contributed by atoms with Crippen molar-refractivity contribution in [3.63, 3.8) is 0 Å². The number of hydrogen-bond acceptors (Lipinski definition) is 2. The molecule has 2 rings (SSSR count). The lowest BCUT2D eigenvalue weighted by Crippen LogP contribution is -2.31. The number of rotatable bonds is 7. The minimum absolute atomic E-state index is 0.0839. The molecule has 2 N–H and O–H groups in total. The van der Waals surface area contributed by atoms with Crippen LogP contribution in [0.15, 0.2) is 30.3 Å². The first-order valence-corrected chi connectivity index (χ1v) is 6.30. The Kier molecular flexibility index (Phi) is 4.13. The summed E-state index contributed by atoms with van der Waals surface area (Å²) in [4.78, 5) is 0. The molecule has 2 unspecified atom stereocenters. The van der Waals surface area contributed by atoms with E-state index in [-0.39, 0.29) is 5.41 Å². The lowest BCUT2D eigenvalue weighted by Gasteiger charge is -2.10. The average Bonchev–Trinajstić information content (AvgIpc) is 2.93. The zero-order valence-electron chi connectivity index (χ0n) is 10.4. The summed E-state index contributed by atoms with van der Waals surface area (Å²) in [6.07, 6.45) is 0.129. The first-order chi connectivity index (χ1) is 8.21. The van der Waals surface area contributed by atoms with Gasteiger partial charge < -0.3 is 10.6 Å². The molecule has 17 heavy (non-hydrogen) atoms. The maximum absolute atomic E-state index is 12.9. The molecule has 1 fully saturated rings. The molecule has 0 radical (unpaired) electrons. The maximum Gasteiger partial charge on any atom is 0.107 e. The SMILES string of the molecule is CC1(CNCCNCc2ccccc2)CC1F. The van der Waals surface area contributed by atoms with Gasteiger partial charge >= 0.3 is 0 Å². The third-order valence-electron chi connectivity index (χ3n) is 3.42. The van der Waals surface area contributed by atoms with Crippen LogP contribution in [0.25, 0.3) is 0 Å². The number of hydrogen-bond donors (Lipinski definition) is 2. The van der Waals surface area contributed by atoms with Crippen LogP contribution in [0.1, 0.15) is 18.9 Å². The highest BCUT2D eigenvalue weighted by Gasteiger charge is 2.50. The van der Waals surface area contributed by atoms with Crippen molar-refractivity contribution in [3.8, 4) is 0 Å². The van der Waals surface area contributed by atoms with Crippen molar-refractivity contribution in [2.24, 2.45) is 5.41 Å². The number of nitrogens with one attached hydrogen (secondary N) is 2. The highest BCUT2D eigenvalue weighted by molar-refractivity contribution is 5.14. The van der Waals surface area contributed by atoms with Gasteiger partial charge in [-0.2, -0.15) is 0 Å². The number of halogens is 1. The molecule has 2 nitrogen and oxygen atoms in total. The monoisotopic (exact) mass is 236 g/mol. The number of benzene rings is 1. The summed E-state index contributed by atoms with van der Waals surface area (Å²) in [5.41, 5.74) is 1.21. The van der Waals surface area contributed by atoms with Gasteiger partial charge in [0.1, 0.15) is 6.17 Å². The van der Waals surface area contributed by atoms with Gasteiger partial charge in [0.25, 0.3) is 0 Å². The zero-order chi connectivity index (χ0) is 12.1. The molecule has 0 saturated heterocycles.